The Balaban J connectivity index is 1.99. The summed E-state index contributed by atoms with van der Waals surface area (Å²) in [5.74, 6) is 0.393. The van der Waals surface area contributed by atoms with Gasteiger partial charge in [0.25, 0.3) is 0 Å². The number of nitrogens with zero attached hydrogens (tertiary/aromatic N) is 3. The standard InChI is InChI=1S/C17H15ClFN3O/c1-22-10-12(9-20-22)7-15-5-6-16(23-11-19)17(21-15)13-3-2-4-14(18)8-13/h2-6,8-10H,7,11H2,1H3/i1-1. The van der Waals surface area contributed by atoms with Crippen molar-refractivity contribution < 1.29 is 9.13 Å². The van der Waals surface area contributed by atoms with Gasteiger partial charge in [0.2, 0.25) is 6.86 Å². The van der Waals surface area contributed by atoms with Crippen LogP contribution in [0.25, 0.3) is 11.3 Å². The van der Waals surface area contributed by atoms with E-state index in [1.807, 2.05) is 31.4 Å². The zero-order chi connectivity index (χ0) is 16.2. The fourth-order valence-electron chi connectivity index (χ4n) is 2.38. The van der Waals surface area contributed by atoms with Gasteiger partial charge in [-0.15, -0.1) is 0 Å². The fourth-order valence-corrected chi connectivity index (χ4v) is 2.57. The Morgan fingerprint density at radius 1 is 1.26 bits per heavy atom. The van der Waals surface area contributed by atoms with Gasteiger partial charge >= 0.3 is 0 Å². The van der Waals surface area contributed by atoms with Crippen LogP contribution < -0.4 is 4.74 Å². The highest BCUT2D eigenvalue weighted by Gasteiger charge is 2.11. The maximum atomic E-state index is 12.6. The molecule has 0 amide bonds. The number of rotatable bonds is 5. The lowest BCUT2D eigenvalue weighted by atomic mass is 10.1. The van der Waals surface area contributed by atoms with Gasteiger partial charge in [-0.3, -0.25) is 4.68 Å². The summed E-state index contributed by atoms with van der Waals surface area (Å²) in [7, 11) is 1.87. The van der Waals surface area contributed by atoms with Crippen LogP contribution in [0.1, 0.15) is 11.3 Å². The van der Waals surface area contributed by atoms with E-state index in [-0.39, 0.29) is 0 Å². The van der Waals surface area contributed by atoms with E-state index in [0.717, 1.165) is 16.8 Å². The summed E-state index contributed by atoms with van der Waals surface area (Å²) < 4.78 is 19.4. The zero-order valence-electron chi connectivity index (χ0n) is 12.5. The maximum absolute atomic E-state index is 12.6. The Bertz CT molecular complexity index is 819. The van der Waals surface area contributed by atoms with Crippen LogP contribution >= 0.6 is 11.6 Å². The van der Waals surface area contributed by atoms with E-state index >= 15 is 0 Å². The van der Waals surface area contributed by atoms with E-state index < -0.39 is 6.86 Å². The Morgan fingerprint density at radius 2 is 2.13 bits per heavy atom. The molecule has 0 saturated carbocycles. The number of hydrogen-bond acceptors (Lipinski definition) is 3. The first-order valence-electron chi connectivity index (χ1n) is 7.08. The van der Waals surface area contributed by atoms with Crippen LogP contribution in [0.2, 0.25) is 5.02 Å². The molecule has 2 heterocycles. The minimum absolute atomic E-state index is 0.393. The second kappa shape index (κ2) is 6.79. The van der Waals surface area contributed by atoms with Gasteiger partial charge in [0.05, 0.1) is 6.20 Å². The van der Waals surface area contributed by atoms with Crippen molar-refractivity contribution in [2.24, 2.45) is 7.05 Å². The number of aromatic nitrogens is 3. The molecule has 3 rings (SSSR count). The van der Waals surface area contributed by atoms with Crippen LogP contribution in [0.5, 0.6) is 5.75 Å². The van der Waals surface area contributed by atoms with Gasteiger partial charge in [0.1, 0.15) is 11.4 Å². The van der Waals surface area contributed by atoms with Crippen molar-refractivity contribution in [2.45, 2.75) is 6.42 Å². The summed E-state index contributed by atoms with van der Waals surface area (Å²) in [5.41, 5.74) is 3.26. The second-order valence-electron chi connectivity index (χ2n) is 5.11. The lowest BCUT2D eigenvalue weighted by molar-refractivity contribution is 0.192. The van der Waals surface area contributed by atoms with Gasteiger partial charge in [0.15, 0.2) is 0 Å². The minimum atomic E-state index is -0.906. The molecule has 23 heavy (non-hydrogen) atoms. The van der Waals surface area contributed by atoms with E-state index in [9.17, 15) is 4.39 Å². The maximum Gasteiger partial charge on any atom is 0.228 e. The van der Waals surface area contributed by atoms with E-state index in [0.29, 0.717) is 22.9 Å². The lowest BCUT2D eigenvalue weighted by Gasteiger charge is -2.10. The summed E-state index contributed by atoms with van der Waals surface area (Å²) in [5, 5.41) is 4.74. The summed E-state index contributed by atoms with van der Waals surface area (Å²) in [6.45, 7) is -0.906. The highest BCUT2D eigenvalue weighted by molar-refractivity contribution is 6.30. The summed E-state index contributed by atoms with van der Waals surface area (Å²) >= 11 is 6.04. The molecule has 0 aliphatic rings. The molecule has 0 radical (unpaired) electrons. The number of hydrogen-bond donors (Lipinski definition) is 0. The SMILES string of the molecule is [11CH3]n1cc(Cc2ccc(OCF)c(-c3cccc(Cl)c3)n2)cn1. The first-order chi connectivity index (χ1) is 11.2. The largest absolute Gasteiger partial charge is 0.461 e. The Kier molecular flexibility index (Phi) is 4.57. The van der Waals surface area contributed by atoms with Gasteiger partial charge in [-0.05, 0) is 29.8 Å². The predicted octanol–water partition coefficient (Wildman–Crippen LogP) is 4.03. The molecular weight excluding hydrogens is 316 g/mol. The average molecular weight is 331 g/mol. The van der Waals surface area contributed by atoms with Gasteiger partial charge in [-0.25, -0.2) is 9.37 Å². The fraction of sp³-hybridized carbons (Fsp3) is 0.176. The Hall–Kier alpha value is -2.40. The smallest absolute Gasteiger partial charge is 0.228 e. The minimum Gasteiger partial charge on any atom is -0.461 e. The second-order valence-corrected chi connectivity index (χ2v) is 5.55. The third-order valence-corrected chi connectivity index (χ3v) is 3.60. The van der Waals surface area contributed by atoms with E-state index in [1.54, 1.807) is 29.1 Å². The van der Waals surface area contributed by atoms with Crippen molar-refractivity contribution >= 4 is 11.6 Å². The van der Waals surface area contributed by atoms with Crippen molar-refractivity contribution in [3.05, 3.63) is 65.1 Å². The first-order valence-corrected chi connectivity index (χ1v) is 7.45. The highest BCUT2D eigenvalue weighted by atomic mass is 35.5. The molecule has 0 unspecified atom stereocenters. The number of benzene rings is 1. The molecule has 4 nitrogen and oxygen atoms in total. The number of pyridine rings is 1. The third-order valence-electron chi connectivity index (χ3n) is 3.37. The molecule has 0 bridgehead atoms. The third kappa shape index (κ3) is 3.68. The summed E-state index contributed by atoms with van der Waals surface area (Å²) in [4.78, 5) is 4.62. The lowest BCUT2D eigenvalue weighted by Crippen LogP contribution is -1.99. The van der Waals surface area contributed by atoms with Crippen molar-refractivity contribution in [3.63, 3.8) is 0 Å². The topological polar surface area (TPSA) is 39.9 Å². The molecule has 6 heteroatoms. The van der Waals surface area contributed by atoms with E-state index in [1.165, 1.54) is 0 Å². The molecule has 118 valence electrons. The molecule has 0 spiro atoms. The van der Waals surface area contributed by atoms with Crippen molar-refractivity contribution in [1.82, 2.24) is 14.8 Å². The number of halogens is 2. The van der Waals surface area contributed by atoms with Gasteiger partial charge in [-0.2, -0.15) is 5.10 Å². The van der Waals surface area contributed by atoms with Crippen LogP contribution in [0.4, 0.5) is 4.39 Å². The predicted molar refractivity (Wildman–Crippen MR) is 87.3 cm³/mol. The zero-order valence-corrected chi connectivity index (χ0v) is 13.3. The molecule has 0 aliphatic heterocycles. The number of aryl methyl sites for hydroxylation is 1. The van der Waals surface area contributed by atoms with Crippen LogP contribution in [0.15, 0.2) is 48.8 Å². The molecule has 3 aromatic rings. The average Bonchev–Trinajstić information content (AvgIpc) is 2.94. The molecule has 2 aromatic heterocycles. The number of ether oxygens (including phenoxy) is 1. The van der Waals surface area contributed by atoms with Gasteiger partial charge in [0, 0.05) is 35.9 Å². The van der Waals surface area contributed by atoms with Crippen molar-refractivity contribution in [2.75, 3.05) is 6.86 Å². The van der Waals surface area contributed by atoms with Crippen LogP contribution in [-0.2, 0) is 13.5 Å². The normalized spacial score (nSPS) is 10.7. The molecular formula is C17H15ClFN3O. The molecule has 0 atom stereocenters. The molecule has 0 saturated heterocycles. The van der Waals surface area contributed by atoms with Gasteiger partial charge < -0.3 is 4.74 Å². The summed E-state index contributed by atoms with van der Waals surface area (Å²) in [6.07, 6.45) is 4.37. The monoisotopic (exact) mass is 330 g/mol. The Morgan fingerprint density at radius 3 is 2.83 bits per heavy atom. The quantitative estimate of drug-likeness (QED) is 0.709. The van der Waals surface area contributed by atoms with Crippen molar-refractivity contribution in [3.8, 4) is 17.0 Å². The molecule has 1 aromatic carbocycles. The van der Waals surface area contributed by atoms with Gasteiger partial charge in [-0.1, -0.05) is 23.7 Å². The van der Waals surface area contributed by atoms with Crippen LogP contribution in [-0.4, -0.2) is 21.6 Å². The molecule has 0 fully saturated rings. The first kappa shape index (κ1) is 15.5. The Labute approximate surface area is 138 Å². The molecule has 0 N–H and O–H groups in total. The van der Waals surface area contributed by atoms with E-state index in [2.05, 4.69) is 10.1 Å². The van der Waals surface area contributed by atoms with E-state index in [4.69, 9.17) is 16.3 Å². The number of alkyl halides is 1. The molecule has 0 aliphatic carbocycles. The highest BCUT2D eigenvalue weighted by Crippen LogP contribution is 2.30. The van der Waals surface area contributed by atoms with Crippen molar-refractivity contribution in [1.29, 1.82) is 0 Å². The van der Waals surface area contributed by atoms with Crippen LogP contribution in [0, 0.1) is 0 Å². The summed E-state index contributed by atoms with van der Waals surface area (Å²) in [6, 6.07) is 10.8. The van der Waals surface area contributed by atoms with Crippen LogP contribution in [0.3, 0.4) is 0 Å².